The van der Waals surface area contributed by atoms with Gasteiger partial charge in [-0.2, -0.15) is 5.26 Å². The number of aromatic nitrogens is 2. The summed E-state index contributed by atoms with van der Waals surface area (Å²) in [6.07, 6.45) is 6.07. The molecule has 2 aliphatic rings. The molecule has 2 heterocycles. The summed E-state index contributed by atoms with van der Waals surface area (Å²) < 4.78 is 16.3. The molecule has 8 nitrogen and oxygen atoms in total. The van der Waals surface area contributed by atoms with Gasteiger partial charge in [-0.15, -0.1) is 0 Å². The molecule has 1 aromatic heterocycles. The summed E-state index contributed by atoms with van der Waals surface area (Å²) in [6, 6.07) is 11.8. The second-order valence-corrected chi connectivity index (χ2v) is 11.8. The predicted molar refractivity (Wildman–Crippen MR) is 150 cm³/mol. The van der Waals surface area contributed by atoms with Crippen molar-refractivity contribution >= 4 is 29.2 Å². The highest BCUT2D eigenvalue weighted by Crippen LogP contribution is 2.37. The van der Waals surface area contributed by atoms with Gasteiger partial charge in [-0.25, -0.2) is 9.37 Å². The molecule has 0 spiro atoms. The average molecular weight is 546 g/mol. The number of aliphatic hydroxyl groups is 1. The second-order valence-electron chi connectivity index (χ2n) is 11.8. The maximum atomic E-state index is 14.2. The third kappa shape index (κ3) is 5.93. The Bertz CT molecular complexity index is 1440. The van der Waals surface area contributed by atoms with Crippen molar-refractivity contribution in [2.45, 2.75) is 70.6 Å². The molecular weight excluding hydrogens is 509 g/mol. The van der Waals surface area contributed by atoms with Gasteiger partial charge < -0.3 is 14.5 Å². The predicted octanol–water partition coefficient (Wildman–Crippen LogP) is 5.21. The van der Waals surface area contributed by atoms with Gasteiger partial charge in [0.05, 0.1) is 22.2 Å². The highest BCUT2D eigenvalue weighted by molar-refractivity contribution is 6.04. The van der Waals surface area contributed by atoms with E-state index in [9.17, 15) is 19.1 Å². The van der Waals surface area contributed by atoms with Crippen LogP contribution in [0.15, 0.2) is 36.4 Å². The van der Waals surface area contributed by atoms with Gasteiger partial charge in [0, 0.05) is 24.1 Å². The Morgan fingerprint density at radius 1 is 1.15 bits per heavy atom. The normalized spacial score (nSPS) is 20.8. The number of rotatable bonds is 7. The zero-order valence-corrected chi connectivity index (χ0v) is 23.1. The molecule has 2 N–H and O–H groups in total. The number of hydrogen-bond acceptors (Lipinski definition) is 6. The number of benzene rings is 2. The zero-order chi connectivity index (χ0) is 28.4. The van der Waals surface area contributed by atoms with Gasteiger partial charge in [-0.05, 0) is 107 Å². The van der Waals surface area contributed by atoms with Crippen LogP contribution in [0, 0.1) is 29.0 Å². The molecule has 1 saturated heterocycles. The van der Waals surface area contributed by atoms with E-state index in [4.69, 9.17) is 10.2 Å². The summed E-state index contributed by atoms with van der Waals surface area (Å²) in [4.78, 5) is 31.6. The van der Waals surface area contributed by atoms with Crippen LogP contribution in [0.25, 0.3) is 11.0 Å². The van der Waals surface area contributed by atoms with E-state index >= 15 is 0 Å². The maximum absolute atomic E-state index is 14.2. The number of nitriles is 1. The van der Waals surface area contributed by atoms with Crippen LogP contribution in [0.3, 0.4) is 0 Å². The number of hydrogen-bond donors (Lipinski definition) is 2. The molecule has 0 radical (unpaired) electrons. The van der Waals surface area contributed by atoms with Gasteiger partial charge in [0.1, 0.15) is 18.2 Å². The van der Waals surface area contributed by atoms with E-state index in [0.717, 1.165) is 87.1 Å². The summed E-state index contributed by atoms with van der Waals surface area (Å²) in [6.45, 7) is 6.40. The van der Waals surface area contributed by atoms with Crippen LogP contribution in [-0.2, 0) is 11.3 Å². The van der Waals surface area contributed by atoms with Crippen molar-refractivity contribution in [1.29, 1.82) is 5.26 Å². The minimum absolute atomic E-state index is 0.0492. The largest absolute Gasteiger partial charge is 0.390 e. The summed E-state index contributed by atoms with van der Waals surface area (Å²) in [5, 5.41) is 22.3. The highest BCUT2D eigenvalue weighted by Gasteiger charge is 2.31. The molecule has 1 aliphatic carbocycles. The minimum atomic E-state index is -0.743. The van der Waals surface area contributed by atoms with Crippen molar-refractivity contribution in [3.05, 3.63) is 58.9 Å². The highest BCUT2D eigenvalue weighted by atomic mass is 19.1. The molecule has 0 atom stereocenters. The fraction of sp³-hybridized carbons (Fsp3) is 0.484. The van der Waals surface area contributed by atoms with Crippen LogP contribution in [0.2, 0.25) is 0 Å². The number of carbonyl (C=O) groups excluding carboxylic acids is 2. The lowest BCUT2D eigenvalue weighted by Gasteiger charge is -2.37. The zero-order valence-electron chi connectivity index (χ0n) is 23.1. The fourth-order valence-corrected chi connectivity index (χ4v) is 6.17. The molecule has 0 unspecified atom stereocenters. The number of amides is 1. The number of halogens is 1. The molecule has 1 saturated carbocycles. The summed E-state index contributed by atoms with van der Waals surface area (Å²) in [5.74, 6) is -0.510. The van der Waals surface area contributed by atoms with E-state index in [1.165, 1.54) is 12.1 Å². The van der Waals surface area contributed by atoms with Crippen molar-refractivity contribution in [3.8, 4) is 6.07 Å². The van der Waals surface area contributed by atoms with Crippen LogP contribution in [0.5, 0.6) is 0 Å². The van der Waals surface area contributed by atoms with Crippen molar-refractivity contribution in [3.63, 3.8) is 0 Å². The molecule has 1 amide bonds. The number of carbonyl (C=O) groups is 2. The Labute approximate surface area is 233 Å². The van der Waals surface area contributed by atoms with E-state index in [0.29, 0.717) is 11.9 Å². The number of piperidine rings is 1. The molecule has 3 aromatic rings. The SMILES string of the molecule is CC(C)(O)C1CCN(Cc2ccc3nc(NC(=O)c4ccc(C#N)c(F)c4)n(C4CCC(C=O)CC4)c3c2)CC1. The molecule has 2 fully saturated rings. The molecule has 5 rings (SSSR count). The third-order valence-electron chi connectivity index (χ3n) is 8.62. The Hall–Kier alpha value is -3.61. The number of aldehydes is 1. The topological polar surface area (TPSA) is 111 Å². The van der Waals surface area contributed by atoms with Gasteiger partial charge in [0.15, 0.2) is 0 Å². The lowest BCUT2D eigenvalue weighted by Crippen LogP contribution is -2.41. The Morgan fingerprint density at radius 3 is 2.50 bits per heavy atom. The van der Waals surface area contributed by atoms with Gasteiger partial charge in [0.25, 0.3) is 5.91 Å². The number of anilines is 1. The summed E-state index contributed by atoms with van der Waals surface area (Å²) >= 11 is 0. The molecular formula is C31H36FN5O3. The lowest BCUT2D eigenvalue weighted by molar-refractivity contribution is -0.112. The third-order valence-corrected chi connectivity index (χ3v) is 8.62. The van der Waals surface area contributed by atoms with Gasteiger partial charge >= 0.3 is 0 Å². The van der Waals surface area contributed by atoms with Crippen LogP contribution in [0.4, 0.5) is 10.3 Å². The van der Waals surface area contributed by atoms with E-state index in [-0.39, 0.29) is 23.1 Å². The first-order chi connectivity index (χ1) is 19.2. The standard InChI is InChI=1S/C31H36FN5O3/c1-31(2,40)24-11-13-36(14-12-24)18-21-5-10-27-28(15-21)37(25-8-3-20(19-38)4-9-25)30(34-27)35-29(39)22-6-7-23(17-33)26(32)16-22/h5-7,10,15-16,19-20,24-25,40H,3-4,8-9,11-14,18H2,1-2H3,(H,34,35,39). The number of nitrogens with zero attached hydrogens (tertiary/aromatic N) is 4. The Balaban J connectivity index is 1.42. The fourth-order valence-electron chi connectivity index (χ4n) is 6.17. The lowest BCUT2D eigenvalue weighted by atomic mass is 9.83. The molecule has 210 valence electrons. The van der Waals surface area contributed by atoms with Crippen molar-refractivity contribution in [1.82, 2.24) is 14.5 Å². The minimum Gasteiger partial charge on any atom is -0.390 e. The maximum Gasteiger partial charge on any atom is 0.258 e. The van der Waals surface area contributed by atoms with Crippen LogP contribution < -0.4 is 5.32 Å². The van der Waals surface area contributed by atoms with Gasteiger partial charge in [-0.3, -0.25) is 15.0 Å². The second kappa shape index (κ2) is 11.5. The number of imidazole rings is 1. The average Bonchev–Trinajstić information content (AvgIpc) is 3.29. The van der Waals surface area contributed by atoms with E-state index in [1.54, 1.807) is 6.07 Å². The van der Waals surface area contributed by atoms with Crippen LogP contribution >= 0.6 is 0 Å². The first kappa shape index (κ1) is 27.9. The Kier molecular flexibility index (Phi) is 8.02. The van der Waals surface area contributed by atoms with E-state index in [2.05, 4.69) is 26.9 Å². The molecule has 9 heteroatoms. The molecule has 1 aliphatic heterocycles. The molecule has 40 heavy (non-hydrogen) atoms. The van der Waals surface area contributed by atoms with Crippen LogP contribution in [-0.4, -0.2) is 50.4 Å². The van der Waals surface area contributed by atoms with E-state index < -0.39 is 17.3 Å². The molecule has 2 aromatic carbocycles. The van der Waals surface area contributed by atoms with Crippen molar-refractivity contribution in [2.24, 2.45) is 11.8 Å². The Morgan fingerprint density at radius 2 is 1.88 bits per heavy atom. The quantitative estimate of drug-likeness (QED) is 0.394. The first-order valence-electron chi connectivity index (χ1n) is 14.1. The number of nitrogens with one attached hydrogen (secondary N) is 1. The summed E-state index contributed by atoms with van der Waals surface area (Å²) in [5.41, 5.74) is 2.14. The smallest absolute Gasteiger partial charge is 0.258 e. The summed E-state index contributed by atoms with van der Waals surface area (Å²) in [7, 11) is 0. The van der Waals surface area contributed by atoms with Crippen molar-refractivity contribution < 1.29 is 19.1 Å². The number of likely N-dealkylation sites (tertiary alicyclic amines) is 1. The number of fused-ring (bicyclic) bond motifs is 1. The molecule has 0 bridgehead atoms. The van der Waals surface area contributed by atoms with Gasteiger partial charge in [-0.1, -0.05) is 6.07 Å². The van der Waals surface area contributed by atoms with Crippen LogP contribution in [0.1, 0.15) is 79.9 Å². The van der Waals surface area contributed by atoms with Crippen molar-refractivity contribution in [2.75, 3.05) is 18.4 Å². The monoisotopic (exact) mass is 545 g/mol. The van der Waals surface area contributed by atoms with E-state index in [1.807, 2.05) is 19.9 Å². The van der Waals surface area contributed by atoms with Gasteiger partial charge in [0.2, 0.25) is 5.95 Å². The first-order valence-corrected chi connectivity index (χ1v) is 14.1.